The van der Waals surface area contributed by atoms with Crippen molar-refractivity contribution in [3.05, 3.63) is 82.7 Å². The fraction of sp³-hybridized carbons (Fsp3) is 0.222. The molecule has 3 aromatic rings. The largest absolute Gasteiger partial charge is 0.497 e. The average Bonchev–Trinajstić information content (AvgIpc) is 3.16. The molecule has 0 bridgehead atoms. The summed E-state index contributed by atoms with van der Waals surface area (Å²) < 4.78 is 17.5. The molecule has 0 unspecified atom stereocenters. The predicted molar refractivity (Wildman–Crippen MR) is 131 cm³/mol. The van der Waals surface area contributed by atoms with Gasteiger partial charge in [-0.05, 0) is 61.9 Å². The number of para-hydroxylation sites is 1. The zero-order valence-corrected chi connectivity index (χ0v) is 20.1. The Morgan fingerprint density at radius 1 is 1.06 bits per heavy atom. The first-order chi connectivity index (χ1) is 16.9. The van der Waals surface area contributed by atoms with Crippen molar-refractivity contribution in [3.63, 3.8) is 0 Å². The summed E-state index contributed by atoms with van der Waals surface area (Å²) >= 11 is 0. The lowest BCUT2D eigenvalue weighted by Gasteiger charge is -2.10. The van der Waals surface area contributed by atoms with Gasteiger partial charge in [0.1, 0.15) is 23.1 Å². The van der Waals surface area contributed by atoms with Crippen LogP contribution in [0.2, 0.25) is 0 Å². The molecule has 2 aromatic carbocycles. The van der Waals surface area contributed by atoms with E-state index in [2.05, 4.69) is 5.32 Å². The first kappa shape index (κ1) is 25.1. The van der Waals surface area contributed by atoms with Crippen LogP contribution in [0.1, 0.15) is 22.5 Å². The zero-order valence-electron chi connectivity index (χ0n) is 20.1. The van der Waals surface area contributed by atoms with Crippen LogP contribution < -0.4 is 14.8 Å². The van der Waals surface area contributed by atoms with Crippen molar-refractivity contribution < 1.29 is 23.8 Å². The van der Waals surface area contributed by atoms with Crippen molar-refractivity contribution in [3.8, 4) is 23.3 Å². The lowest BCUT2D eigenvalue weighted by Crippen LogP contribution is -2.28. The van der Waals surface area contributed by atoms with Crippen LogP contribution in [0.5, 0.6) is 11.5 Å². The molecule has 0 saturated carbocycles. The van der Waals surface area contributed by atoms with Gasteiger partial charge in [0.2, 0.25) is 0 Å². The summed E-state index contributed by atoms with van der Waals surface area (Å²) in [5, 5.41) is 12.2. The first-order valence-electron chi connectivity index (χ1n) is 10.9. The highest BCUT2D eigenvalue weighted by Crippen LogP contribution is 2.24. The number of amides is 1. The number of hydrogen-bond acceptors (Lipinski definition) is 6. The van der Waals surface area contributed by atoms with Gasteiger partial charge in [-0.3, -0.25) is 4.79 Å². The molecular formula is C27H27N3O5. The van der Waals surface area contributed by atoms with Crippen LogP contribution in [-0.4, -0.2) is 37.3 Å². The highest BCUT2D eigenvalue weighted by Gasteiger charge is 2.16. The van der Waals surface area contributed by atoms with Crippen molar-refractivity contribution in [2.75, 3.05) is 20.8 Å². The standard InChI is InChI=1S/C27H27N3O5/c1-18-13-21(19(2)30(18)23-9-11-24(33-3)12-10-23)14-22(15-28)27(32)35-17-26(31)29-16-20-7-5-6-8-25(20)34-4/h5-14H,16-17H2,1-4H3,(H,29,31)/b22-14+. The number of carbonyl (C=O) groups is 2. The Morgan fingerprint density at radius 3 is 2.43 bits per heavy atom. The number of nitrogens with zero attached hydrogens (tertiary/aromatic N) is 2. The molecule has 180 valence electrons. The Hall–Kier alpha value is -4.51. The van der Waals surface area contributed by atoms with E-state index < -0.39 is 18.5 Å². The molecule has 0 spiro atoms. The normalized spacial score (nSPS) is 10.9. The maximum atomic E-state index is 12.5. The summed E-state index contributed by atoms with van der Waals surface area (Å²) in [6.45, 7) is 3.55. The minimum absolute atomic E-state index is 0.197. The quantitative estimate of drug-likeness (QED) is 0.287. The van der Waals surface area contributed by atoms with E-state index in [4.69, 9.17) is 14.2 Å². The number of ether oxygens (including phenoxy) is 3. The topological polar surface area (TPSA) is 103 Å². The van der Waals surface area contributed by atoms with Gasteiger partial charge in [-0.2, -0.15) is 5.26 Å². The maximum absolute atomic E-state index is 12.5. The summed E-state index contributed by atoms with van der Waals surface area (Å²) in [5.74, 6) is 0.0398. The second kappa shape index (κ2) is 11.6. The minimum Gasteiger partial charge on any atom is -0.497 e. The summed E-state index contributed by atoms with van der Waals surface area (Å²) in [5.41, 5.74) is 4.00. The second-order valence-electron chi connectivity index (χ2n) is 7.69. The third-order valence-corrected chi connectivity index (χ3v) is 5.44. The van der Waals surface area contributed by atoms with E-state index in [1.54, 1.807) is 20.3 Å². The summed E-state index contributed by atoms with van der Waals surface area (Å²) in [6.07, 6.45) is 1.47. The Kier molecular flexibility index (Phi) is 8.30. The number of benzene rings is 2. The third-order valence-electron chi connectivity index (χ3n) is 5.44. The molecule has 1 aromatic heterocycles. The summed E-state index contributed by atoms with van der Waals surface area (Å²) in [7, 11) is 3.16. The van der Waals surface area contributed by atoms with Crippen molar-refractivity contribution >= 4 is 18.0 Å². The number of hydrogen-bond donors (Lipinski definition) is 1. The molecule has 1 N–H and O–H groups in total. The maximum Gasteiger partial charge on any atom is 0.349 e. The number of rotatable bonds is 9. The molecule has 0 radical (unpaired) electrons. The predicted octanol–water partition coefficient (Wildman–Crippen LogP) is 3.88. The number of esters is 1. The van der Waals surface area contributed by atoms with Gasteiger partial charge in [0, 0.05) is 29.2 Å². The van der Waals surface area contributed by atoms with Gasteiger partial charge in [0.15, 0.2) is 6.61 Å². The van der Waals surface area contributed by atoms with Gasteiger partial charge in [0.25, 0.3) is 5.91 Å². The Bertz CT molecular complexity index is 1280. The van der Waals surface area contributed by atoms with Crippen molar-refractivity contribution in [2.24, 2.45) is 0 Å². The molecule has 0 atom stereocenters. The van der Waals surface area contributed by atoms with Crippen LogP contribution in [0.3, 0.4) is 0 Å². The highest BCUT2D eigenvalue weighted by atomic mass is 16.5. The van der Waals surface area contributed by atoms with E-state index in [1.807, 2.05) is 73.0 Å². The average molecular weight is 474 g/mol. The molecule has 1 amide bonds. The Balaban J connectivity index is 1.66. The van der Waals surface area contributed by atoms with E-state index in [1.165, 1.54) is 6.08 Å². The Labute approximate surface area is 204 Å². The number of carbonyl (C=O) groups excluding carboxylic acids is 2. The third kappa shape index (κ3) is 6.09. The SMILES string of the molecule is COc1ccc(-n2c(C)cc(/C=C(\C#N)C(=O)OCC(=O)NCc3ccccc3OC)c2C)cc1. The van der Waals surface area contributed by atoms with Crippen molar-refractivity contribution in [1.29, 1.82) is 5.26 Å². The van der Waals surface area contributed by atoms with Gasteiger partial charge < -0.3 is 24.1 Å². The van der Waals surface area contributed by atoms with Crippen LogP contribution in [0, 0.1) is 25.2 Å². The molecule has 0 saturated heterocycles. The summed E-state index contributed by atoms with van der Waals surface area (Å²) in [4.78, 5) is 24.6. The number of nitriles is 1. The van der Waals surface area contributed by atoms with Crippen LogP contribution in [0.4, 0.5) is 0 Å². The van der Waals surface area contributed by atoms with Crippen molar-refractivity contribution in [2.45, 2.75) is 20.4 Å². The molecule has 3 rings (SSSR count). The second-order valence-corrected chi connectivity index (χ2v) is 7.69. The highest BCUT2D eigenvalue weighted by molar-refractivity contribution is 5.99. The zero-order chi connectivity index (χ0) is 25.4. The first-order valence-corrected chi connectivity index (χ1v) is 10.9. The Morgan fingerprint density at radius 2 is 1.77 bits per heavy atom. The lowest BCUT2D eigenvalue weighted by molar-refractivity contribution is -0.144. The van der Waals surface area contributed by atoms with E-state index in [0.29, 0.717) is 11.3 Å². The number of nitrogens with one attached hydrogen (secondary N) is 1. The van der Waals surface area contributed by atoms with Gasteiger partial charge in [0.05, 0.1) is 14.2 Å². The van der Waals surface area contributed by atoms with E-state index in [9.17, 15) is 14.9 Å². The minimum atomic E-state index is -0.866. The van der Waals surface area contributed by atoms with Gasteiger partial charge >= 0.3 is 5.97 Å². The number of methoxy groups -OCH3 is 2. The van der Waals surface area contributed by atoms with Crippen LogP contribution in [0.15, 0.2) is 60.2 Å². The molecule has 8 nitrogen and oxygen atoms in total. The molecule has 35 heavy (non-hydrogen) atoms. The number of aryl methyl sites for hydroxylation is 1. The van der Waals surface area contributed by atoms with Crippen LogP contribution >= 0.6 is 0 Å². The van der Waals surface area contributed by atoms with Gasteiger partial charge in [-0.1, -0.05) is 18.2 Å². The lowest BCUT2D eigenvalue weighted by atomic mass is 10.1. The molecule has 0 aliphatic carbocycles. The molecule has 0 fully saturated rings. The fourth-order valence-electron chi connectivity index (χ4n) is 3.66. The van der Waals surface area contributed by atoms with Crippen molar-refractivity contribution in [1.82, 2.24) is 9.88 Å². The van der Waals surface area contributed by atoms with E-state index in [-0.39, 0.29) is 12.1 Å². The van der Waals surface area contributed by atoms with Crippen LogP contribution in [0.25, 0.3) is 11.8 Å². The molecule has 1 heterocycles. The molecule has 0 aliphatic heterocycles. The van der Waals surface area contributed by atoms with E-state index >= 15 is 0 Å². The molecule has 8 heteroatoms. The summed E-state index contributed by atoms with van der Waals surface area (Å²) in [6, 6.07) is 18.6. The fourth-order valence-corrected chi connectivity index (χ4v) is 3.66. The van der Waals surface area contributed by atoms with Gasteiger partial charge in [-0.25, -0.2) is 4.79 Å². The van der Waals surface area contributed by atoms with Gasteiger partial charge in [-0.15, -0.1) is 0 Å². The van der Waals surface area contributed by atoms with E-state index in [0.717, 1.165) is 28.4 Å². The number of aromatic nitrogens is 1. The van der Waals surface area contributed by atoms with Crippen LogP contribution in [-0.2, 0) is 20.9 Å². The smallest absolute Gasteiger partial charge is 0.349 e. The monoisotopic (exact) mass is 473 g/mol. The molecular weight excluding hydrogens is 446 g/mol. The molecule has 0 aliphatic rings.